The van der Waals surface area contributed by atoms with Crippen molar-refractivity contribution in [1.82, 2.24) is 4.90 Å². The molecule has 1 saturated heterocycles. The van der Waals surface area contributed by atoms with Crippen LogP contribution in [0.5, 0.6) is 0 Å². The van der Waals surface area contributed by atoms with Crippen molar-refractivity contribution in [2.24, 2.45) is 0 Å². The van der Waals surface area contributed by atoms with Crippen molar-refractivity contribution in [3.05, 3.63) is 59.0 Å². The van der Waals surface area contributed by atoms with E-state index < -0.39 is 29.9 Å². The van der Waals surface area contributed by atoms with Gasteiger partial charge in [0.15, 0.2) is 0 Å². The maximum Gasteiger partial charge on any atom is 0.347 e. The lowest BCUT2D eigenvalue weighted by molar-refractivity contribution is -0.147. The highest BCUT2D eigenvalue weighted by molar-refractivity contribution is 6.21. The second-order valence-corrected chi connectivity index (χ2v) is 6.41. The molecule has 0 radical (unpaired) electrons. The summed E-state index contributed by atoms with van der Waals surface area (Å²) >= 11 is 0. The Hall–Kier alpha value is -3.42. The number of rotatable bonds is 4. The van der Waals surface area contributed by atoms with Crippen LogP contribution < -0.4 is 0 Å². The Labute approximate surface area is 153 Å². The molecule has 0 spiro atoms. The number of hydrogen-bond donors (Lipinski definition) is 0. The first-order valence-corrected chi connectivity index (χ1v) is 8.38. The van der Waals surface area contributed by atoms with Crippen molar-refractivity contribution in [2.45, 2.75) is 32.1 Å². The van der Waals surface area contributed by atoms with Crippen molar-refractivity contribution >= 4 is 23.8 Å². The van der Waals surface area contributed by atoms with Crippen molar-refractivity contribution in [3.63, 3.8) is 0 Å². The molecule has 1 aromatic carbocycles. The first-order chi connectivity index (χ1) is 12.9. The van der Waals surface area contributed by atoms with Gasteiger partial charge in [0.2, 0.25) is 6.10 Å². The highest BCUT2D eigenvalue weighted by atomic mass is 16.6. The van der Waals surface area contributed by atoms with Gasteiger partial charge in [-0.05, 0) is 37.3 Å². The van der Waals surface area contributed by atoms with Crippen LogP contribution in [0.15, 0.2) is 41.0 Å². The van der Waals surface area contributed by atoms with Crippen LogP contribution in [-0.4, -0.2) is 40.9 Å². The molecule has 4 rings (SSSR count). The van der Waals surface area contributed by atoms with E-state index in [4.69, 9.17) is 13.9 Å². The molecule has 138 valence electrons. The molecule has 27 heavy (non-hydrogen) atoms. The van der Waals surface area contributed by atoms with Crippen molar-refractivity contribution < 1.29 is 33.1 Å². The van der Waals surface area contributed by atoms with Crippen LogP contribution >= 0.6 is 0 Å². The lowest BCUT2D eigenvalue weighted by Gasteiger charge is -2.11. The van der Waals surface area contributed by atoms with Gasteiger partial charge in [0.25, 0.3) is 11.8 Å². The van der Waals surface area contributed by atoms with Crippen LogP contribution in [0.1, 0.15) is 50.2 Å². The fourth-order valence-corrected chi connectivity index (χ4v) is 3.13. The molecule has 8 heteroatoms. The monoisotopic (exact) mass is 369 g/mol. The number of furan rings is 1. The number of hydrogen-bond acceptors (Lipinski definition) is 7. The topological polar surface area (TPSA) is 103 Å². The zero-order chi connectivity index (χ0) is 19.1. The number of ether oxygens (including phenoxy) is 2. The minimum absolute atomic E-state index is 0.00489. The van der Waals surface area contributed by atoms with Gasteiger partial charge in [-0.15, -0.1) is 0 Å². The number of carbonyl (C=O) groups is 4. The third-order valence-corrected chi connectivity index (χ3v) is 4.48. The Morgan fingerprint density at radius 1 is 1.19 bits per heavy atom. The lowest BCUT2D eigenvalue weighted by Crippen LogP contribution is -2.28. The zero-order valence-corrected chi connectivity index (χ0v) is 14.3. The average molecular weight is 369 g/mol. The van der Waals surface area contributed by atoms with E-state index in [1.165, 1.54) is 24.5 Å². The summed E-state index contributed by atoms with van der Waals surface area (Å²) in [6.45, 7) is 1.71. The highest BCUT2D eigenvalue weighted by Gasteiger charge is 2.38. The summed E-state index contributed by atoms with van der Waals surface area (Å²) < 4.78 is 15.3. The summed E-state index contributed by atoms with van der Waals surface area (Å²) in [5.41, 5.74) is 0.405. The van der Waals surface area contributed by atoms with Gasteiger partial charge >= 0.3 is 11.9 Å². The third kappa shape index (κ3) is 2.99. The van der Waals surface area contributed by atoms with Crippen LogP contribution in [0, 0.1) is 0 Å². The zero-order valence-electron chi connectivity index (χ0n) is 14.3. The molecule has 3 heterocycles. The summed E-state index contributed by atoms with van der Waals surface area (Å²) in [6.07, 6.45) is 0.457. The Morgan fingerprint density at radius 2 is 1.96 bits per heavy atom. The largest absolute Gasteiger partial charge is 0.467 e. The molecule has 8 nitrogen and oxygen atoms in total. The molecule has 2 aliphatic heterocycles. The molecule has 2 amide bonds. The number of esters is 2. The summed E-state index contributed by atoms with van der Waals surface area (Å²) in [4.78, 5) is 50.0. The van der Waals surface area contributed by atoms with E-state index in [2.05, 4.69) is 0 Å². The average Bonchev–Trinajstić information content (AvgIpc) is 3.32. The molecule has 2 atom stereocenters. The number of nitrogens with zero attached hydrogens (tertiary/aromatic N) is 1. The van der Waals surface area contributed by atoms with E-state index in [9.17, 15) is 19.2 Å². The molecule has 1 fully saturated rings. The molecule has 2 aliphatic rings. The maximum absolute atomic E-state index is 12.6. The number of imide groups is 1. The van der Waals surface area contributed by atoms with Crippen molar-refractivity contribution in [2.75, 3.05) is 0 Å². The van der Waals surface area contributed by atoms with Gasteiger partial charge in [-0.1, -0.05) is 0 Å². The minimum atomic E-state index is -0.964. The number of cyclic esters (lactones) is 1. The van der Waals surface area contributed by atoms with Crippen LogP contribution in [0.25, 0.3) is 0 Å². The highest BCUT2D eigenvalue weighted by Crippen LogP contribution is 2.27. The van der Waals surface area contributed by atoms with Gasteiger partial charge < -0.3 is 13.9 Å². The van der Waals surface area contributed by atoms with E-state index >= 15 is 0 Å². The predicted molar refractivity (Wildman–Crippen MR) is 88.7 cm³/mol. The van der Waals surface area contributed by atoms with E-state index in [0.717, 1.165) is 4.90 Å². The van der Waals surface area contributed by atoms with Gasteiger partial charge in [0.05, 0.1) is 29.5 Å². The normalized spacial score (nSPS) is 21.4. The Morgan fingerprint density at radius 3 is 2.63 bits per heavy atom. The molecule has 0 N–H and O–H groups in total. The predicted octanol–water partition coefficient (Wildman–Crippen LogP) is 1.94. The number of amides is 2. The number of benzene rings is 1. The first kappa shape index (κ1) is 17.0. The Balaban J connectivity index is 1.54. The van der Waals surface area contributed by atoms with Crippen molar-refractivity contribution in [1.29, 1.82) is 0 Å². The fraction of sp³-hybridized carbons (Fsp3) is 0.263. The summed E-state index contributed by atoms with van der Waals surface area (Å²) in [5, 5.41) is 0. The molecular formula is C19H15NO7. The van der Waals surface area contributed by atoms with Gasteiger partial charge in [-0.2, -0.15) is 0 Å². The maximum atomic E-state index is 12.6. The smallest absolute Gasteiger partial charge is 0.347 e. The molecule has 2 aromatic rings. The molecule has 0 unspecified atom stereocenters. The van der Waals surface area contributed by atoms with E-state index in [0.29, 0.717) is 5.76 Å². The molecule has 0 saturated carbocycles. The van der Waals surface area contributed by atoms with Crippen LogP contribution in [0.4, 0.5) is 0 Å². The second kappa shape index (κ2) is 6.39. The Bertz CT molecular complexity index is 947. The minimum Gasteiger partial charge on any atom is -0.467 e. The summed E-state index contributed by atoms with van der Waals surface area (Å²) in [5.74, 6) is -1.85. The van der Waals surface area contributed by atoms with Crippen LogP contribution in [0.3, 0.4) is 0 Å². The quantitative estimate of drug-likeness (QED) is 0.599. The third-order valence-electron chi connectivity index (χ3n) is 4.48. The van der Waals surface area contributed by atoms with Gasteiger partial charge in [-0.3, -0.25) is 14.5 Å². The SMILES string of the molecule is C[C@H]1C[C@H](OC(=O)c2ccc3c(c2)C(=O)N(Cc2ccco2)C3=O)C(=O)O1. The van der Waals surface area contributed by atoms with Gasteiger partial charge in [0.1, 0.15) is 11.9 Å². The number of fused-ring (bicyclic) bond motifs is 1. The van der Waals surface area contributed by atoms with Crippen LogP contribution in [0.2, 0.25) is 0 Å². The first-order valence-electron chi connectivity index (χ1n) is 8.38. The van der Waals surface area contributed by atoms with Crippen molar-refractivity contribution in [3.8, 4) is 0 Å². The van der Waals surface area contributed by atoms with Gasteiger partial charge in [-0.25, -0.2) is 9.59 Å². The summed E-state index contributed by atoms with van der Waals surface area (Å²) in [7, 11) is 0. The molecular weight excluding hydrogens is 354 g/mol. The molecule has 1 aromatic heterocycles. The molecule has 0 bridgehead atoms. The Kier molecular flexibility index (Phi) is 4.02. The fourth-order valence-electron chi connectivity index (χ4n) is 3.13. The standard InChI is InChI=1S/C19H15NO7/c1-10-7-15(19(24)26-10)27-18(23)11-4-5-13-14(8-11)17(22)20(16(13)21)9-12-3-2-6-25-12/h2-6,8,10,15H,7,9H2,1H3/t10-,15-/m0/s1. The van der Waals surface area contributed by atoms with E-state index in [-0.39, 0.29) is 35.8 Å². The van der Waals surface area contributed by atoms with E-state index in [1.54, 1.807) is 19.1 Å². The molecule has 0 aliphatic carbocycles. The second-order valence-electron chi connectivity index (χ2n) is 6.41. The number of carbonyl (C=O) groups excluding carboxylic acids is 4. The summed E-state index contributed by atoms with van der Waals surface area (Å²) in [6, 6.07) is 7.44. The van der Waals surface area contributed by atoms with Gasteiger partial charge in [0, 0.05) is 6.42 Å². The lowest BCUT2D eigenvalue weighted by atomic mass is 10.1. The van der Waals surface area contributed by atoms with Crippen LogP contribution in [-0.2, 0) is 20.8 Å². The van der Waals surface area contributed by atoms with E-state index in [1.807, 2.05) is 0 Å².